The molecule has 2 aliphatic carbocycles. The molecule has 2 aliphatic rings. The van der Waals surface area contributed by atoms with E-state index in [9.17, 15) is 10.4 Å². The summed E-state index contributed by atoms with van der Waals surface area (Å²) in [7, 11) is 0. The van der Waals surface area contributed by atoms with Gasteiger partial charge < -0.3 is 15.7 Å². The van der Waals surface area contributed by atoms with Crippen LogP contribution in [0.1, 0.15) is 48.8 Å². The number of allylic oxidation sites excluding steroid dienone is 1. The molecule has 1 fully saturated rings. The van der Waals surface area contributed by atoms with E-state index in [1.54, 1.807) is 6.20 Å². The second kappa shape index (κ2) is 8.41. The van der Waals surface area contributed by atoms with Gasteiger partial charge in [0.1, 0.15) is 17.5 Å². The van der Waals surface area contributed by atoms with Gasteiger partial charge in [0.05, 0.1) is 12.3 Å². The molecule has 0 amide bonds. The van der Waals surface area contributed by atoms with Gasteiger partial charge in [-0.3, -0.25) is 0 Å². The first-order valence-corrected chi connectivity index (χ1v) is 9.96. The standard InChI is InChI=1S/C22H25N5O/c23-13-17-14-25-22(27-21(17)26-18-7-9-19(28)10-8-18)24-12-11-16-6-5-15-3-1-2-4-20(15)16/h1-4,6,14,18-19,28H,5,7-12H2,(H2,24,25,26,27). The van der Waals surface area contributed by atoms with Crippen LogP contribution in [-0.4, -0.2) is 33.8 Å². The lowest BCUT2D eigenvalue weighted by atomic mass is 9.93. The SMILES string of the molecule is N#Cc1cnc(NCCC2=CCc3ccccc32)nc1NC1CCC(O)CC1. The van der Waals surface area contributed by atoms with Crippen LogP contribution in [0.5, 0.6) is 0 Å². The molecule has 0 aliphatic heterocycles. The van der Waals surface area contributed by atoms with Crippen molar-refractivity contribution in [2.45, 2.75) is 50.7 Å². The molecule has 4 rings (SSSR count). The molecule has 0 bridgehead atoms. The quantitative estimate of drug-likeness (QED) is 0.715. The first-order chi connectivity index (χ1) is 13.7. The molecule has 0 atom stereocenters. The van der Waals surface area contributed by atoms with Crippen molar-refractivity contribution in [1.82, 2.24) is 9.97 Å². The summed E-state index contributed by atoms with van der Waals surface area (Å²) in [4.78, 5) is 8.81. The van der Waals surface area contributed by atoms with E-state index in [1.165, 1.54) is 16.7 Å². The first-order valence-electron chi connectivity index (χ1n) is 9.96. The number of hydrogen-bond acceptors (Lipinski definition) is 6. The van der Waals surface area contributed by atoms with Gasteiger partial charge in [-0.15, -0.1) is 0 Å². The fourth-order valence-corrected chi connectivity index (χ4v) is 3.97. The normalized spacial score (nSPS) is 20.8. The molecule has 1 aromatic carbocycles. The monoisotopic (exact) mass is 375 g/mol. The van der Waals surface area contributed by atoms with Crippen LogP contribution in [0.3, 0.4) is 0 Å². The molecule has 28 heavy (non-hydrogen) atoms. The Labute approximate surface area is 165 Å². The lowest BCUT2D eigenvalue weighted by Crippen LogP contribution is -2.29. The van der Waals surface area contributed by atoms with Crippen molar-refractivity contribution in [2.75, 3.05) is 17.2 Å². The number of aromatic nitrogens is 2. The van der Waals surface area contributed by atoms with Crippen LogP contribution in [0.25, 0.3) is 5.57 Å². The number of anilines is 2. The van der Waals surface area contributed by atoms with Gasteiger partial charge in [-0.1, -0.05) is 30.3 Å². The fraction of sp³-hybridized carbons (Fsp3) is 0.409. The van der Waals surface area contributed by atoms with Crippen LogP contribution in [0.2, 0.25) is 0 Å². The van der Waals surface area contributed by atoms with Crippen molar-refractivity contribution in [3.63, 3.8) is 0 Å². The van der Waals surface area contributed by atoms with Crippen LogP contribution < -0.4 is 10.6 Å². The van der Waals surface area contributed by atoms with Crippen molar-refractivity contribution in [1.29, 1.82) is 5.26 Å². The van der Waals surface area contributed by atoms with Gasteiger partial charge in [-0.2, -0.15) is 10.2 Å². The van der Waals surface area contributed by atoms with Gasteiger partial charge in [-0.25, -0.2) is 4.98 Å². The van der Waals surface area contributed by atoms with Crippen molar-refractivity contribution < 1.29 is 5.11 Å². The maximum absolute atomic E-state index is 9.67. The zero-order valence-corrected chi connectivity index (χ0v) is 15.9. The topological polar surface area (TPSA) is 93.9 Å². The van der Waals surface area contributed by atoms with E-state index in [2.05, 4.69) is 57.0 Å². The van der Waals surface area contributed by atoms with Crippen molar-refractivity contribution in [3.8, 4) is 6.07 Å². The molecular weight excluding hydrogens is 350 g/mol. The van der Waals surface area contributed by atoms with Crippen LogP contribution in [-0.2, 0) is 6.42 Å². The minimum atomic E-state index is -0.203. The van der Waals surface area contributed by atoms with Gasteiger partial charge in [0.15, 0.2) is 0 Å². The summed E-state index contributed by atoms with van der Waals surface area (Å²) in [6.45, 7) is 0.737. The number of nitriles is 1. The third-order valence-corrected chi connectivity index (χ3v) is 5.56. The number of hydrogen-bond donors (Lipinski definition) is 3. The minimum absolute atomic E-state index is 0.203. The molecular formula is C22H25N5O. The fourth-order valence-electron chi connectivity index (χ4n) is 3.97. The number of aliphatic hydroxyl groups is 1. The average molecular weight is 375 g/mol. The first kappa shape index (κ1) is 18.5. The average Bonchev–Trinajstić information content (AvgIpc) is 3.13. The second-order valence-electron chi connectivity index (χ2n) is 7.48. The van der Waals surface area contributed by atoms with E-state index in [-0.39, 0.29) is 12.1 Å². The molecule has 1 aromatic heterocycles. The number of fused-ring (bicyclic) bond motifs is 1. The molecule has 0 radical (unpaired) electrons. The van der Waals surface area contributed by atoms with E-state index in [0.717, 1.165) is 45.1 Å². The zero-order valence-electron chi connectivity index (χ0n) is 15.9. The number of nitrogens with zero attached hydrogens (tertiary/aromatic N) is 3. The highest BCUT2D eigenvalue weighted by atomic mass is 16.3. The molecule has 144 valence electrons. The van der Waals surface area contributed by atoms with E-state index in [0.29, 0.717) is 17.3 Å². The van der Waals surface area contributed by atoms with Crippen LogP contribution in [0.4, 0.5) is 11.8 Å². The Balaban J connectivity index is 1.37. The van der Waals surface area contributed by atoms with Gasteiger partial charge in [-0.05, 0) is 55.2 Å². The molecule has 3 N–H and O–H groups in total. The number of nitrogens with one attached hydrogen (secondary N) is 2. The van der Waals surface area contributed by atoms with Crippen LogP contribution >= 0.6 is 0 Å². The predicted molar refractivity (Wildman–Crippen MR) is 110 cm³/mol. The highest BCUT2D eigenvalue weighted by Crippen LogP contribution is 2.29. The summed E-state index contributed by atoms with van der Waals surface area (Å²) < 4.78 is 0. The lowest BCUT2D eigenvalue weighted by Gasteiger charge is -2.26. The van der Waals surface area contributed by atoms with E-state index >= 15 is 0 Å². The largest absolute Gasteiger partial charge is 0.393 e. The second-order valence-corrected chi connectivity index (χ2v) is 7.48. The van der Waals surface area contributed by atoms with Gasteiger partial charge in [0.2, 0.25) is 5.95 Å². The Morgan fingerprint density at radius 3 is 2.82 bits per heavy atom. The molecule has 1 saturated carbocycles. The maximum Gasteiger partial charge on any atom is 0.224 e. The number of rotatable bonds is 6. The van der Waals surface area contributed by atoms with Gasteiger partial charge in [0, 0.05) is 12.6 Å². The Bertz CT molecular complexity index is 909. The Hall–Kier alpha value is -2.91. The smallest absolute Gasteiger partial charge is 0.224 e. The summed E-state index contributed by atoms with van der Waals surface area (Å²) in [6.07, 6.45) is 8.89. The zero-order chi connectivity index (χ0) is 19.3. The lowest BCUT2D eigenvalue weighted by molar-refractivity contribution is 0.126. The molecule has 2 aromatic rings. The maximum atomic E-state index is 9.67. The molecule has 0 unspecified atom stereocenters. The number of aliphatic hydroxyl groups excluding tert-OH is 1. The van der Waals surface area contributed by atoms with Crippen LogP contribution in [0, 0.1) is 11.3 Å². The third kappa shape index (κ3) is 4.15. The highest BCUT2D eigenvalue weighted by Gasteiger charge is 2.21. The summed E-state index contributed by atoms with van der Waals surface area (Å²) in [5.74, 6) is 1.11. The molecule has 0 spiro atoms. The van der Waals surface area contributed by atoms with Gasteiger partial charge >= 0.3 is 0 Å². The molecule has 0 saturated heterocycles. The predicted octanol–water partition coefficient (Wildman–Crippen LogP) is 3.51. The Kier molecular flexibility index (Phi) is 5.54. The molecule has 6 heteroatoms. The van der Waals surface area contributed by atoms with Crippen molar-refractivity contribution in [2.24, 2.45) is 0 Å². The third-order valence-electron chi connectivity index (χ3n) is 5.56. The van der Waals surface area contributed by atoms with E-state index < -0.39 is 0 Å². The summed E-state index contributed by atoms with van der Waals surface area (Å²) in [5, 5.41) is 25.7. The number of benzene rings is 1. The molecule has 6 nitrogen and oxygen atoms in total. The minimum Gasteiger partial charge on any atom is -0.393 e. The summed E-state index contributed by atoms with van der Waals surface area (Å²) >= 11 is 0. The molecule has 1 heterocycles. The van der Waals surface area contributed by atoms with Crippen LogP contribution in [0.15, 0.2) is 36.5 Å². The van der Waals surface area contributed by atoms with Crippen molar-refractivity contribution >= 4 is 17.3 Å². The van der Waals surface area contributed by atoms with E-state index in [4.69, 9.17) is 0 Å². The van der Waals surface area contributed by atoms with Gasteiger partial charge in [0.25, 0.3) is 0 Å². The Morgan fingerprint density at radius 1 is 1.18 bits per heavy atom. The Morgan fingerprint density at radius 2 is 2.00 bits per heavy atom. The summed E-state index contributed by atoms with van der Waals surface area (Å²) in [5.41, 5.74) is 4.53. The highest BCUT2D eigenvalue weighted by molar-refractivity contribution is 5.73. The summed E-state index contributed by atoms with van der Waals surface area (Å²) in [6, 6.07) is 10.9. The van der Waals surface area contributed by atoms with E-state index in [1.807, 2.05) is 0 Å². The van der Waals surface area contributed by atoms with Crippen molar-refractivity contribution in [3.05, 3.63) is 53.2 Å².